The number of amides is 1. The molecule has 0 N–H and O–H groups in total. The van der Waals surface area contributed by atoms with Crippen molar-refractivity contribution in [3.05, 3.63) is 0 Å². The SMILES string of the molecule is CC.CC(C)CCC(=O)N1CCCCC1(C)C. The largest absolute Gasteiger partial charge is 0.338 e. The van der Waals surface area contributed by atoms with Crippen molar-refractivity contribution in [2.75, 3.05) is 6.54 Å². The number of likely N-dealkylation sites (tertiary alicyclic amines) is 1. The fourth-order valence-corrected chi connectivity index (χ4v) is 2.27. The molecule has 0 saturated carbocycles. The van der Waals surface area contributed by atoms with Gasteiger partial charge in [0.05, 0.1) is 0 Å². The highest BCUT2D eigenvalue weighted by Crippen LogP contribution is 2.28. The van der Waals surface area contributed by atoms with E-state index in [0.29, 0.717) is 11.8 Å². The molecule has 0 aromatic rings. The molecule has 0 unspecified atom stereocenters. The molecule has 0 bridgehead atoms. The van der Waals surface area contributed by atoms with Crippen molar-refractivity contribution in [3.63, 3.8) is 0 Å². The molecule has 1 aliphatic rings. The summed E-state index contributed by atoms with van der Waals surface area (Å²) in [5.41, 5.74) is 0.0896. The summed E-state index contributed by atoms with van der Waals surface area (Å²) in [6.07, 6.45) is 5.34. The Kier molecular flexibility index (Phi) is 7.49. The summed E-state index contributed by atoms with van der Waals surface area (Å²) < 4.78 is 0. The quantitative estimate of drug-likeness (QED) is 0.723. The second kappa shape index (κ2) is 7.73. The Morgan fingerprint density at radius 3 is 2.29 bits per heavy atom. The van der Waals surface area contributed by atoms with Crippen LogP contribution in [0, 0.1) is 5.92 Å². The van der Waals surface area contributed by atoms with E-state index < -0.39 is 0 Å². The highest BCUT2D eigenvalue weighted by molar-refractivity contribution is 5.77. The topological polar surface area (TPSA) is 20.3 Å². The summed E-state index contributed by atoms with van der Waals surface area (Å²) in [5.74, 6) is 0.982. The second-order valence-electron chi connectivity index (χ2n) is 5.75. The maximum Gasteiger partial charge on any atom is 0.223 e. The van der Waals surface area contributed by atoms with Gasteiger partial charge in [-0.3, -0.25) is 4.79 Å². The minimum atomic E-state index is 0.0896. The van der Waals surface area contributed by atoms with E-state index in [1.54, 1.807) is 0 Å². The summed E-state index contributed by atoms with van der Waals surface area (Å²) in [6.45, 7) is 13.7. The summed E-state index contributed by atoms with van der Waals surface area (Å²) in [4.78, 5) is 14.1. The van der Waals surface area contributed by atoms with Crippen LogP contribution in [-0.2, 0) is 4.79 Å². The van der Waals surface area contributed by atoms with E-state index in [1.165, 1.54) is 12.8 Å². The maximum absolute atomic E-state index is 12.0. The predicted molar refractivity (Wildman–Crippen MR) is 75.1 cm³/mol. The monoisotopic (exact) mass is 241 g/mol. The highest BCUT2D eigenvalue weighted by Gasteiger charge is 2.32. The lowest BCUT2D eigenvalue weighted by Crippen LogP contribution is -2.50. The van der Waals surface area contributed by atoms with Crippen LogP contribution >= 0.6 is 0 Å². The molecule has 0 aromatic heterocycles. The summed E-state index contributed by atoms with van der Waals surface area (Å²) >= 11 is 0. The van der Waals surface area contributed by atoms with E-state index in [1.807, 2.05) is 13.8 Å². The van der Waals surface area contributed by atoms with E-state index in [-0.39, 0.29) is 5.54 Å². The first-order valence-electron chi connectivity index (χ1n) is 7.24. The molecule has 0 aliphatic carbocycles. The molecule has 1 fully saturated rings. The molecular formula is C15H31NO. The van der Waals surface area contributed by atoms with Crippen molar-refractivity contribution in [3.8, 4) is 0 Å². The number of hydrogen-bond acceptors (Lipinski definition) is 1. The predicted octanol–water partition coefficient (Wildman–Crippen LogP) is 4.24. The van der Waals surface area contributed by atoms with Gasteiger partial charge in [0.2, 0.25) is 5.91 Å². The standard InChI is InChI=1S/C13H25NO.C2H6/c1-11(2)7-8-12(15)14-10-6-5-9-13(14,3)4;1-2/h11H,5-10H2,1-4H3;1-2H3. The zero-order valence-corrected chi connectivity index (χ0v) is 12.7. The average molecular weight is 241 g/mol. The van der Waals surface area contributed by atoms with Crippen molar-refractivity contribution in [1.29, 1.82) is 0 Å². The van der Waals surface area contributed by atoms with Crippen molar-refractivity contribution < 1.29 is 4.79 Å². The van der Waals surface area contributed by atoms with E-state index in [2.05, 4.69) is 32.6 Å². The van der Waals surface area contributed by atoms with Gasteiger partial charge in [-0.25, -0.2) is 0 Å². The van der Waals surface area contributed by atoms with Crippen LogP contribution in [-0.4, -0.2) is 22.9 Å². The highest BCUT2D eigenvalue weighted by atomic mass is 16.2. The minimum Gasteiger partial charge on any atom is -0.338 e. The van der Waals surface area contributed by atoms with Crippen LogP contribution in [0.25, 0.3) is 0 Å². The zero-order chi connectivity index (χ0) is 13.5. The molecular weight excluding hydrogens is 210 g/mol. The van der Waals surface area contributed by atoms with Crippen LogP contribution < -0.4 is 0 Å². The van der Waals surface area contributed by atoms with Gasteiger partial charge in [-0.15, -0.1) is 0 Å². The Morgan fingerprint density at radius 1 is 1.24 bits per heavy atom. The summed E-state index contributed by atoms with van der Waals surface area (Å²) in [6, 6.07) is 0. The fraction of sp³-hybridized carbons (Fsp3) is 0.933. The molecule has 2 nitrogen and oxygen atoms in total. The van der Waals surface area contributed by atoms with Gasteiger partial charge in [0, 0.05) is 18.5 Å². The smallest absolute Gasteiger partial charge is 0.223 e. The van der Waals surface area contributed by atoms with Gasteiger partial charge >= 0.3 is 0 Å². The van der Waals surface area contributed by atoms with Gasteiger partial charge in [-0.2, -0.15) is 0 Å². The van der Waals surface area contributed by atoms with Crippen LogP contribution in [0.3, 0.4) is 0 Å². The number of piperidine rings is 1. The van der Waals surface area contributed by atoms with Gasteiger partial charge < -0.3 is 4.90 Å². The second-order valence-corrected chi connectivity index (χ2v) is 5.75. The molecule has 102 valence electrons. The fourth-order valence-electron chi connectivity index (χ4n) is 2.27. The first kappa shape index (κ1) is 16.5. The van der Waals surface area contributed by atoms with E-state index in [0.717, 1.165) is 25.8 Å². The van der Waals surface area contributed by atoms with Crippen molar-refractivity contribution >= 4 is 5.91 Å². The van der Waals surface area contributed by atoms with Crippen LogP contribution in [0.4, 0.5) is 0 Å². The molecule has 2 heteroatoms. The van der Waals surface area contributed by atoms with Crippen LogP contribution in [0.15, 0.2) is 0 Å². The van der Waals surface area contributed by atoms with Gasteiger partial charge in [-0.1, -0.05) is 27.7 Å². The van der Waals surface area contributed by atoms with Crippen LogP contribution in [0.5, 0.6) is 0 Å². The Hall–Kier alpha value is -0.530. The number of rotatable bonds is 3. The molecule has 0 spiro atoms. The van der Waals surface area contributed by atoms with E-state index in [9.17, 15) is 4.79 Å². The molecule has 0 atom stereocenters. The average Bonchev–Trinajstić information content (AvgIpc) is 2.28. The lowest BCUT2D eigenvalue weighted by molar-refractivity contribution is -0.138. The molecule has 1 aliphatic heterocycles. The number of hydrogen-bond donors (Lipinski definition) is 0. The van der Waals surface area contributed by atoms with Gasteiger partial charge in [0.25, 0.3) is 0 Å². The van der Waals surface area contributed by atoms with Crippen molar-refractivity contribution in [2.24, 2.45) is 5.92 Å². The zero-order valence-electron chi connectivity index (χ0n) is 12.7. The summed E-state index contributed by atoms with van der Waals surface area (Å²) in [5, 5.41) is 0. The Labute approximate surface area is 108 Å². The van der Waals surface area contributed by atoms with Gasteiger partial charge in [0.1, 0.15) is 0 Å². The molecule has 0 radical (unpaired) electrons. The number of carbonyl (C=O) groups is 1. The lowest BCUT2D eigenvalue weighted by atomic mass is 9.90. The minimum absolute atomic E-state index is 0.0896. The Bertz CT molecular complexity index is 221. The first-order valence-corrected chi connectivity index (χ1v) is 7.24. The third-order valence-electron chi connectivity index (χ3n) is 3.39. The van der Waals surface area contributed by atoms with Gasteiger partial charge in [-0.05, 0) is 45.4 Å². The van der Waals surface area contributed by atoms with Crippen LogP contribution in [0.1, 0.15) is 73.6 Å². The van der Waals surface area contributed by atoms with E-state index >= 15 is 0 Å². The molecule has 1 rings (SSSR count). The van der Waals surface area contributed by atoms with E-state index in [4.69, 9.17) is 0 Å². The van der Waals surface area contributed by atoms with Crippen molar-refractivity contribution in [1.82, 2.24) is 4.90 Å². The Balaban J connectivity index is 0.00000121. The molecule has 17 heavy (non-hydrogen) atoms. The molecule has 0 aromatic carbocycles. The van der Waals surface area contributed by atoms with Crippen LogP contribution in [0.2, 0.25) is 0 Å². The molecule has 1 amide bonds. The number of nitrogens with zero attached hydrogens (tertiary/aromatic N) is 1. The molecule has 1 heterocycles. The maximum atomic E-state index is 12.0. The summed E-state index contributed by atoms with van der Waals surface area (Å²) in [7, 11) is 0. The lowest BCUT2D eigenvalue weighted by Gasteiger charge is -2.42. The third-order valence-corrected chi connectivity index (χ3v) is 3.39. The number of carbonyl (C=O) groups excluding carboxylic acids is 1. The third kappa shape index (κ3) is 5.56. The Morgan fingerprint density at radius 2 is 1.82 bits per heavy atom. The van der Waals surface area contributed by atoms with Crippen molar-refractivity contribution in [2.45, 2.75) is 79.2 Å². The first-order chi connectivity index (χ1) is 7.93. The normalized spacial score (nSPS) is 18.6. The molecule has 1 saturated heterocycles. The van der Waals surface area contributed by atoms with Gasteiger partial charge in [0.15, 0.2) is 0 Å².